The minimum Gasteiger partial charge on any atom is -0.396 e. The lowest BCUT2D eigenvalue weighted by atomic mass is 10.3. The molecular formula is C15H13Cl2N3S. The number of aryl methyl sites for hydroxylation is 1. The Morgan fingerprint density at radius 1 is 1.19 bits per heavy atom. The van der Waals surface area contributed by atoms with Gasteiger partial charge in [0.25, 0.3) is 0 Å². The van der Waals surface area contributed by atoms with Gasteiger partial charge in [-0.1, -0.05) is 30.1 Å². The van der Waals surface area contributed by atoms with Crippen molar-refractivity contribution in [2.24, 2.45) is 0 Å². The zero-order valence-electron chi connectivity index (χ0n) is 11.3. The fraction of sp³-hybridized carbons (Fsp3) is 0.133. The second-order valence-electron chi connectivity index (χ2n) is 4.60. The number of nitrogens with zero attached hydrogens (tertiary/aromatic N) is 2. The van der Waals surface area contributed by atoms with Crippen molar-refractivity contribution in [3.63, 3.8) is 0 Å². The molecule has 2 heterocycles. The van der Waals surface area contributed by atoms with Crippen LogP contribution < -0.4 is 5.73 Å². The molecule has 0 radical (unpaired) electrons. The molecule has 3 nitrogen and oxygen atoms in total. The van der Waals surface area contributed by atoms with E-state index in [0.29, 0.717) is 15.7 Å². The highest BCUT2D eigenvalue weighted by atomic mass is 35.5. The van der Waals surface area contributed by atoms with E-state index in [1.165, 1.54) is 4.88 Å². The van der Waals surface area contributed by atoms with Gasteiger partial charge in [0.05, 0.1) is 32.5 Å². The number of aromatic nitrogens is 2. The van der Waals surface area contributed by atoms with Crippen LogP contribution in [-0.4, -0.2) is 9.78 Å². The van der Waals surface area contributed by atoms with Crippen LogP contribution >= 0.6 is 34.5 Å². The summed E-state index contributed by atoms with van der Waals surface area (Å²) in [6.45, 7) is 2.13. The highest BCUT2D eigenvalue weighted by Crippen LogP contribution is 2.32. The minimum absolute atomic E-state index is 0.495. The van der Waals surface area contributed by atoms with E-state index in [2.05, 4.69) is 24.2 Å². The Balaban J connectivity index is 2.02. The average molecular weight is 338 g/mol. The van der Waals surface area contributed by atoms with Gasteiger partial charge >= 0.3 is 0 Å². The first-order chi connectivity index (χ1) is 10.1. The molecule has 0 aliphatic heterocycles. The minimum atomic E-state index is 0.495. The molecule has 108 valence electrons. The molecule has 3 rings (SSSR count). The second kappa shape index (κ2) is 5.72. The van der Waals surface area contributed by atoms with E-state index in [9.17, 15) is 0 Å². The van der Waals surface area contributed by atoms with E-state index in [0.717, 1.165) is 22.7 Å². The maximum Gasteiger partial charge on any atom is 0.126 e. The monoisotopic (exact) mass is 337 g/mol. The van der Waals surface area contributed by atoms with E-state index in [4.69, 9.17) is 28.9 Å². The van der Waals surface area contributed by atoms with Crippen molar-refractivity contribution in [3.8, 4) is 16.3 Å². The van der Waals surface area contributed by atoms with Crippen molar-refractivity contribution >= 4 is 40.2 Å². The molecule has 0 spiro atoms. The Hall–Kier alpha value is -1.49. The number of nitrogens with two attached hydrogens (primary N) is 1. The zero-order valence-corrected chi connectivity index (χ0v) is 13.6. The van der Waals surface area contributed by atoms with E-state index >= 15 is 0 Å². The average Bonchev–Trinajstić information content (AvgIpc) is 3.08. The van der Waals surface area contributed by atoms with Crippen molar-refractivity contribution in [1.29, 1.82) is 0 Å². The van der Waals surface area contributed by atoms with E-state index in [-0.39, 0.29) is 0 Å². The van der Waals surface area contributed by atoms with Crippen LogP contribution in [0.5, 0.6) is 0 Å². The first-order valence-electron chi connectivity index (χ1n) is 6.48. The predicted octanol–water partition coefficient (Wildman–Crippen LogP) is 5.05. The topological polar surface area (TPSA) is 43.8 Å². The highest BCUT2D eigenvalue weighted by molar-refractivity contribution is 7.15. The Kier molecular flexibility index (Phi) is 3.93. The van der Waals surface area contributed by atoms with Crippen LogP contribution in [0.3, 0.4) is 0 Å². The normalized spacial score (nSPS) is 11.0. The molecule has 1 aromatic carbocycles. The molecule has 0 aliphatic carbocycles. The number of hydrogen-bond donors (Lipinski definition) is 1. The van der Waals surface area contributed by atoms with Crippen molar-refractivity contribution in [3.05, 3.63) is 51.5 Å². The van der Waals surface area contributed by atoms with Crippen molar-refractivity contribution < 1.29 is 0 Å². The molecule has 0 saturated carbocycles. The number of rotatable bonds is 3. The number of thiophene rings is 1. The van der Waals surface area contributed by atoms with Gasteiger partial charge in [-0.25, -0.2) is 4.68 Å². The van der Waals surface area contributed by atoms with Crippen LogP contribution in [0.15, 0.2) is 36.5 Å². The highest BCUT2D eigenvalue weighted by Gasteiger charge is 2.12. The van der Waals surface area contributed by atoms with Gasteiger partial charge in [-0.3, -0.25) is 0 Å². The Labute approximate surface area is 136 Å². The number of benzene rings is 1. The first-order valence-corrected chi connectivity index (χ1v) is 8.05. The van der Waals surface area contributed by atoms with Gasteiger partial charge in [0.1, 0.15) is 5.69 Å². The summed E-state index contributed by atoms with van der Waals surface area (Å²) in [4.78, 5) is 2.39. The third-order valence-electron chi connectivity index (χ3n) is 3.15. The van der Waals surface area contributed by atoms with E-state index in [1.54, 1.807) is 34.3 Å². The van der Waals surface area contributed by atoms with Gasteiger partial charge in [-0.05, 0) is 36.8 Å². The number of anilines is 1. The number of hydrogen-bond acceptors (Lipinski definition) is 3. The lowest BCUT2D eigenvalue weighted by Gasteiger charge is -2.02. The summed E-state index contributed by atoms with van der Waals surface area (Å²) in [5, 5.41) is 5.58. The van der Waals surface area contributed by atoms with Gasteiger partial charge in [-0.2, -0.15) is 5.10 Å². The molecule has 6 heteroatoms. The molecule has 0 atom stereocenters. The summed E-state index contributed by atoms with van der Waals surface area (Å²) in [6.07, 6.45) is 2.80. The molecule has 0 fully saturated rings. The van der Waals surface area contributed by atoms with Gasteiger partial charge in [0, 0.05) is 4.88 Å². The van der Waals surface area contributed by atoms with Crippen LogP contribution in [-0.2, 0) is 6.42 Å². The van der Waals surface area contributed by atoms with Gasteiger partial charge in [0.15, 0.2) is 0 Å². The molecule has 2 N–H and O–H groups in total. The predicted molar refractivity (Wildman–Crippen MR) is 90.7 cm³/mol. The Morgan fingerprint density at radius 2 is 2.00 bits per heavy atom. The summed E-state index contributed by atoms with van der Waals surface area (Å²) in [7, 11) is 0. The number of halogens is 2. The third-order valence-corrected chi connectivity index (χ3v) is 5.13. The maximum absolute atomic E-state index is 6.09. The third kappa shape index (κ3) is 2.79. The van der Waals surface area contributed by atoms with Crippen LogP contribution in [0.25, 0.3) is 16.3 Å². The quantitative estimate of drug-likeness (QED) is 0.726. The van der Waals surface area contributed by atoms with Crippen molar-refractivity contribution in [2.75, 3.05) is 5.73 Å². The molecular weight excluding hydrogens is 325 g/mol. The Bertz CT molecular complexity index is 792. The van der Waals surface area contributed by atoms with Crippen LogP contribution in [0.2, 0.25) is 10.0 Å². The lowest BCUT2D eigenvalue weighted by Crippen LogP contribution is -1.94. The molecule has 0 amide bonds. The molecule has 2 aromatic heterocycles. The Morgan fingerprint density at radius 3 is 2.67 bits per heavy atom. The second-order valence-corrected chi connectivity index (χ2v) is 6.58. The maximum atomic E-state index is 6.09. The van der Waals surface area contributed by atoms with E-state index in [1.807, 2.05) is 6.07 Å². The van der Waals surface area contributed by atoms with Crippen molar-refractivity contribution in [1.82, 2.24) is 9.78 Å². The standard InChI is InChI=1S/C15H13Cl2N3S/c1-2-10-4-6-14(21-10)15-13(18)8-20(19-15)9-3-5-11(16)12(17)7-9/h3-8H,2,18H2,1H3. The van der Waals surface area contributed by atoms with Gasteiger partial charge < -0.3 is 5.73 Å². The lowest BCUT2D eigenvalue weighted by molar-refractivity contribution is 0.885. The van der Waals surface area contributed by atoms with Crippen LogP contribution in [0.4, 0.5) is 5.69 Å². The smallest absolute Gasteiger partial charge is 0.126 e. The van der Waals surface area contributed by atoms with Gasteiger partial charge in [-0.15, -0.1) is 11.3 Å². The summed E-state index contributed by atoms with van der Waals surface area (Å²) >= 11 is 13.7. The summed E-state index contributed by atoms with van der Waals surface area (Å²) < 4.78 is 1.72. The molecule has 3 aromatic rings. The number of nitrogen functional groups attached to an aromatic ring is 1. The summed E-state index contributed by atoms with van der Waals surface area (Å²) in [6, 6.07) is 9.54. The summed E-state index contributed by atoms with van der Waals surface area (Å²) in [5.74, 6) is 0. The van der Waals surface area contributed by atoms with Crippen LogP contribution in [0.1, 0.15) is 11.8 Å². The zero-order chi connectivity index (χ0) is 15.0. The van der Waals surface area contributed by atoms with Crippen molar-refractivity contribution in [2.45, 2.75) is 13.3 Å². The SMILES string of the molecule is CCc1ccc(-c2nn(-c3ccc(Cl)c(Cl)c3)cc2N)s1. The van der Waals surface area contributed by atoms with Gasteiger partial charge in [0.2, 0.25) is 0 Å². The van der Waals surface area contributed by atoms with E-state index < -0.39 is 0 Å². The largest absolute Gasteiger partial charge is 0.396 e. The molecule has 0 bridgehead atoms. The first kappa shape index (κ1) is 14.4. The molecule has 0 saturated heterocycles. The molecule has 0 aliphatic rings. The molecule has 21 heavy (non-hydrogen) atoms. The molecule has 0 unspecified atom stereocenters. The van der Waals surface area contributed by atoms with Crippen LogP contribution in [0, 0.1) is 0 Å². The fourth-order valence-electron chi connectivity index (χ4n) is 2.03. The fourth-order valence-corrected chi connectivity index (χ4v) is 3.28. The summed E-state index contributed by atoms with van der Waals surface area (Å²) in [5.41, 5.74) is 8.36.